The van der Waals surface area contributed by atoms with Crippen molar-refractivity contribution in [1.82, 2.24) is 5.32 Å². The zero-order valence-electron chi connectivity index (χ0n) is 13.2. The van der Waals surface area contributed by atoms with Crippen molar-refractivity contribution in [3.05, 3.63) is 29.3 Å². The van der Waals surface area contributed by atoms with Crippen molar-refractivity contribution in [2.75, 3.05) is 13.2 Å². The van der Waals surface area contributed by atoms with Crippen molar-refractivity contribution in [2.24, 2.45) is 5.92 Å². The molecule has 0 fully saturated rings. The SMILES string of the molecule is CCCNC(c1ccc2c(c1)CCCO2)C(C)CCC. The first-order valence-electron chi connectivity index (χ1n) is 8.25. The summed E-state index contributed by atoms with van der Waals surface area (Å²) >= 11 is 0. The Morgan fingerprint density at radius 3 is 2.85 bits per heavy atom. The van der Waals surface area contributed by atoms with Gasteiger partial charge in [-0.25, -0.2) is 0 Å². The van der Waals surface area contributed by atoms with Crippen molar-refractivity contribution < 1.29 is 4.74 Å². The number of rotatable bonds is 7. The Hall–Kier alpha value is -1.02. The molecule has 1 N–H and O–H groups in total. The van der Waals surface area contributed by atoms with Crippen LogP contribution in [-0.2, 0) is 6.42 Å². The molecule has 2 unspecified atom stereocenters. The zero-order chi connectivity index (χ0) is 14.4. The lowest BCUT2D eigenvalue weighted by atomic mass is 9.89. The minimum absolute atomic E-state index is 0.474. The molecule has 0 amide bonds. The summed E-state index contributed by atoms with van der Waals surface area (Å²) in [7, 11) is 0. The molecular formula is C18H29NO. The maximum atomic E-state index is 5.73. The first-order chi connectivity index (χ1) is 9.76. The van der Waals surface area contributed by atoms with Crippen LogP contribution < -0.4 is 10.1 Å². The van der Waals surface area contributed by atoms with E-state index >= 15 is 0 Å². The molecule has 2 atom stereocenters. The lowest BCUT2D eigenvalue weighted by molar-refractivity contribution is 0.287. The van der Waals surface area contributed by atoms with Crippen LogP contribution >= 0.6 is 0 Å². The Labute approximate surface area is 123 Å². The van der Waals surface area contributed by atoms with Crippen LogP contribution in [0.25, 0.3) is 0 Å². The van der Waals surface area contributed by atoms with Gasteiger partial charge in [0.2, 0.25) is 0 Å². The van der Waals surface area contributed by atoms with Crippen LogP contribution in [0.4, 0.5) is 0 Å². The topological polar surface area (TPSA) is 21.3 Å². The molecule has 0 aromatic heterocycles. The summed E-state index contributed by atoms with van der Waals surface area (Å²) in [6.07, 6.45) is 6.01. The fourth-order valence-corrected chi connectivity index (χ4v) is 3.14. The molecular weight excluding hydrogens is 246 g/mol. The van der Waals surface area contributed by atoms with Gasteiger partial charge < -0.3 is 10.1 Å². The van der Waals surface area contributed by atoms with Crippen molar-refractivity contribution in [3.8, 4) is 5.75 Å². The number of fused-ring (bicyclic) bond motifs is 1. The van der Waals surface area contributed by atoms with Gasteiger partial charge in [0.05, 0.1) is 6.61 Å². The van der Waals surface area contributed by atoms with Crippen LogP contribution in [0.1, 0.15) is 63.6 Å². The largest absolute Gasteiger partial charge is 0.493 e. The smallest absolute Gasteiger partial charge is 0.122 e. The quantitative estimate of drug-likeness (QED) is 0.791. The second kappa shape index (κ2) is 7.68. The highest BCUT2D eigenvalue weighted by atomic mass is 16.5. The number of hydrogen-bond acceptors (Lipinski definition) is 2. The summed E-state index contributed by atoms with van der Waals surface area (Å²) in [6.45, 7) is 8.83. The molecule has 1 heterocycles. The van der Waals surface area contributed by atoms with E-state index in [1.54, 1.807) is 0 Å². The van der Waals surface area contributed by atoms with E-state index in [1.165, 1.54) is 30.4 Å². The molecule has 1 aliphatic heterocycles. The first kappa shape index (κ1) is 15.4. The monoisotopic (exact) mass is 275 g/mol. The Morgan fingerprint density at radius 2 is 2.10 bits per heavy atom. The normalized spacial score (nSPS) is 17.1. The van der Waals surface area contributed by atoms with Crippen LogP contribution in [0.3, 0.4) is 0 Å². The third-order valence-electron chi connectivity index (χ3n) is 4.22. The Kier molecular flexibility index (Phi) is 5.90. The van der Waals surface area contributed by atoms with E-state index in [4.69, 9.17) is 4.74 Å². The van der Waals surface area contributed by atoms with Crippen molar-refractivity contribution in [1.29, 1.82) is 0 Å². The van der Waals surface area contributed by atoms with Crippen LogP contribution in [0.5, 0.6) is 5.75 Å². The summed E-state index contributed by atoms with van der Waals surface area (Å²) in [5.41, 5.74) is 2.82. The highest BCUT2D eigenvalue weighted by Crippen LogP contribution is 2.31. The first-order valence-corrected chi connectivity index (χ1v) is 8.25. The zero-order valence-corrected chi connectivity index (χ0v) is 13.2. The van der Waals surface area contributed by atoms with Gasteiger partial charge in [-0.1, -0.05) is 39.3 Å². The second-order valence-corrected chi connectivity index (χ2v) is 6.02. The van der Waals surface area contributed by atoms with Gasteiger partial charge in [-0.15, -0.1) is 0 Å². The van der Waals surface area contributed by atoms with Crippen molar-refractivity contribution in [3.63, 3.8) is 0 Å². The van der Waals surface area contributed by atoms with Gasteiger partial charge in [0.1, 0.15) is 5.75 Å². The fourth-order valence-electron chi connectivity index (χ4n) is 3.14. The number of benzene rings is 1. The molecule has 20 heavy (non-hydrogen) atoms. The molecule has 2 heteroatoms. The highest BCUT2D eigenvalue weighted by Gasteiger charge is 2.20. The minimum Gasteiger partial charge on any atom is -0.493 e. The van der Waals surface area contributed by atoms with Crippen molar-refractivity contribution in [2.45, 2.75) is 58.9 Å². The van der Waals surface area contributed by atoms with Gasteiger partial charge in [0.25, 0.3) is 0 Å². The summed E-state index contributed by atoms with van der Waals surface area (Å²) in [5.74, 6) is 1.77. The average Bonchev–Trinajstić information content (AvgIpc) is 2.48. The summed E-state index contributed by atoms with van der Waals surface area (Å²) in [5, 5.41) is 3.74. The molecule has 1 aromatic rings. The van der Waals surface area contributed by atoms with Gasteiger partial charge >= 0.3 is 0 Å². The molecule has 2 rings (SSSR count). The van der Waals surface area contributed by atoms with Gasteiger partial charge in [-0.3, -0.25) is 0 Å². The molecule has 0 bridgehead atoms. The average molecular weight is 275 g/mol. The lowest BCUT2D eigenvalue weighted by Gasteiger charge is -2.27. The molecule has 1 aromatic carbocycles. The van der Waals surface area contributed by atoms with Crippen LogP contribution in [0.15, 0.2) is 18.2 Å². The van der Waals surface area contributed by atoms with Crippen molar-refractivity contribution >= 4 is 0 Å². The predicted molar refractivity (Wildman–Crippen MR) is 85.4 cm³/mol. The summed E-state index contributed by atoms with van der Waals surface area (Å²) in [6, 6.07) is 7.27. The van der Waals surface area contributed by atoms with E-state index in [2.05, 4.69) is 44.3 Å². The van der Waals surface area contributed by atoms with Gasteiger partial charge in [-0.05, 0) is 55.3 Å². The number of nitrogens with one attached hydrogen (secondary N) is 1. The van der Waals surface area contributed by atoms with Gasteiger partial charge in [0.15, 0.2) is 0 Å². The van der Waals surface area contributed by atoms with E-state index in [-0.39, 0.29) is 0 Å². The molecule has 0 spiro atoms. The Balaban J connectivity index is 2.18. The highest BCUT2D eigenvalue weighted by molar-refractivity contribution is 5.39. The van der Waals surface area contributed by atoms with Crippen LogP contribution in [0, 0.1) is 5.92 Å². The van der Waals surface area contributed by atoms with E-state index in [9.17, 15) is 0 Å². The Bertz CT molecular complexity index is 416. The number of hydrogen-bond donors (Lipinski definition) is 1. The van der Waals surface area contributed by atoms with E-state index in [0.29, 0.717) is 12.0 Å². The molecule has 2 nitrogen and oxygen atoms in total. The minimum atomic E-state index is 0.474. The molecule has 112 valence electrons. The fraction of sp³-hybridized carbons (Fsp3) is 0.667. The predicted octanol–water partition coefficient (Wildman–Crippen LogP) is 4.49. The third kappa shape index (κ3) is 3.76. The standard InChI is InChI=1S/C18H29NO/c1-4-7-14(3)18(19-11-5-2)16-9-10-17-15(13-16)8-6-12-20-17/h9-10,13-14,18-19H,4-8,11-12H2,1-3H3. The van der Waals surface area contributed by atoms with E-state index in [0.717, 1.165) is 31.7 Å². The summed E-state index contributed by atoms with van der Waals surface area (Å²) < 4.78 is 5.73. The number of ether oxygens (including phenoxy) is 1. The van der Waals surface area contributed by atoms with Gasteiger partial charge in [0, 0.05) is 6.04 Å². The Morgan fingerprint density at radius 1 is 1.25 bits per heavy atom. The molecule has 1 aliphatic rings. The number of aryl methyl sites for hydroxylation is 1. The molecule has 0 aliphatic carbocycles. The molecule has 0 radical (unpaired) electrons. The third-order valence-corrected chi connectivity index (χ3v) is 4.22. The lowest BCUT2D eigenvalue weighted by Crippen LogP contribution is -2.28. The second-order valence-electron chi connectivity index (χ2n) is 6.02. The molecule has 0 saturated heterocycles. The van der Waals surface area contributed by atoms with E-state index in [1.807, 2.05) is 0 Å². The van der Waals surface area contributed by atoms with Crippen LogP contribution in [0.2, 0.25) is 0 Å². The van der Waals surface area contributed by atoms with E-state index < -0.39 is 0 Å². The molecule has 0 saturated carbocycles. The summed E-state index contributed by atoms with van der Waals surface area (Å²) in [4.78, 5) is 0. The maximum absolute atomic E-state index is 5.73. The maximum Gasteiger partial charge on any atom is 0.122 e. The van der Waals surface area contributed by atoms with Gasteiger partial charge in [-0.2, -0.15) is 0 Å². The van der Waals surface area contributed by atoms with Crippen LogP contribution in [-0.4, -0.2) is 13.2 Å².